The minimum absolute atomic E-state index is 0.326. The Hall–Kier alpha value is -0.670. The smallest absolute Gasteiger partial charge is 0.120 e. The van der Waals surface area contributed by atoms with Gasteiger partial charge in [0.2, 0.25) is 0 Å². The van der Waals surface area contributed by atoms with Crippen LogP contribution in [0.3, 0.4) is 0 Å². The Balaban J connectivity index is 1.71. The van der Waals surface area contributed by atoms with Gasteiger partial charge in [0.1, 0.15) is 5.75 Å². The maximum absolute atomic E-state index is 10.3. The van der Waals surface area contributed by atoms with Crippen molar-refractivity contribution in [3.8, 4) is 5.75 Å². The Labute approximate surface area is 106 Å². The number of hydrogen-bond donors (Lipinski definition) is 1. The molecule has 2 atom stereocenters. The van der Waals surface area contributed by atoms with Crippen LogP contribution in [0, 0.1) is 5.92 Å². The molecule has 2 aliphatic rings. The highest BCUT2D eigenvalue weighted by Crippen LogP contribution is 2.35. The first-order valence-electron chi connectivity index (χ1n) is 6.35. The van der Waals surface area contributed by atoms with Gasteiger partial charge in [-0.25, -0.2) is 0 Å². The first-order chi connectivity index (χ1) is 8.33. The highest BCUT2D eigenvalue weighted by atomic mass is 32.2. The first-order valence-corrected chi connectivity index (χ1v) is 7.51. The number of ether oxygens (including phenoxy) is 1. The molecule has 1 aliphatic heterocycles. The van der Waals surface area contributed by atoms with Crippen LogP contribution in [-0.4, -0.2) is 22.7 Å². The molecule has 2 nitrogen and oxygen atoms in total. The molecule has 3 rings (SSSR count). The molecule has 1 aromatic rings. The van der Waals surface area contributed by atoms with Crippen molar-refractivity contribution in [3.05, 3.63) is 29.8 Å². The number of hydrogen-bond acceptors (Lipinski definition) is 3. The highest BCUT2D eigenvalue weighted by molar-refractivity contribution is 7.99. The molecular weight excluding hydrogens is 232 g/mol. The fraction of sp³-hybridized carbons (Fsp3) is 0.571. The van der Waals surface area contributed by atoms with Crippen molar-refractivity contribution in [1.82, 2.24) is 0 Å². The average molecular weight is 250 g/mol. The fourth-order valence-electron chi connectivity index (χ4n) is 2.22. The van der Waals surface area contributed by atoms with E-state index in [1.165, 1.54) is 18.6 Å². The first kappa shape index (κ1) is 11.4. The van der Waals surface area contributed by atoms with Gasteiger partial charge in [0.05, 0.1) is 12.2 Å². The molecule has 2 unspecified atom stereocenters. The normalized spacial score (nSPS) is 25.8. The zero-order valence-electron chi connectivity index (χ0n) is 9.84. The number of rotatable bonds is 4. The average Bonchev–Trinajstić information content (AvgIpc) is 2.99. The van der Waals surface area contributed by atoms with E-state index in [9.17, 15) is 5.11 Å². The predicted octanol–water partition coefficient (Wildman–Crippen LogP) is 3.01. The molecule has 0 radical (unpaired) electrons. The van der Waals surface area contributed by atoms with E-state index in [0.29, 0.717) is 12.0 Å². The molecular formula is C14H18O2S. The number of aliphatic hydroxyl groups excluding tert-OH is 1. The lowest BCUT2D eigenvalue weighted by atomic mass is 9.95. The Morgan fingerprint density at radius 2 is 2.18 bits per heavy atom. The van der Waals surface area contributed by atoms with E-state index in [2.05, 4.69) is 0 Å². The van der Waals surface area contributed by atoms with Crippen LogP contribution in [0.5, 0.6) is 5.75 Å². The lowest BCUT2D eigenvalue weighted by molar-refractivity contribution is 0.121. The molecule has 1 aromatic carbocycles. The monoisotopic (exact) mass is 250 g/mol. The summed E-state index contributed by atoms with van der Waals surface area (Å²) in [6.07, 6.45) is 3.56. The van der Waals surface area contributed by atoms with Crippen LogP contribution in [-0.2, 0) is 0 Å². The van der Waals surface area contributed by atoms with Crippen molar-refractivity contribution in [3.63, 3.8) is 0 Å². The van der Waals surface area contributed by atoms with Crippen LogP contribution in [0.25, 0.3) is 0 Å². The second kappa shape index (κ2) is 4.91. The molecule has 92 valence electrons. The molecule has 0 amide bonds. The summed E-state index contributed by atoms with van der Waals surface area (Å²) in [5, 5.41) is 10.3. The van der Waals surface area contributed by atoms with Gasteiger partial charge in [-0.1, -0.05) is 12.1 Å². The minimum Gasteiger partial charge on any atom is -0.490 e. The zero-order chi connectivity index (χ0) is 11.7. The molecule has 1 N–H and O–H groups in total. The third-order valence-corrected chi connectivity index (χ3v) is 4.63. The molecule has 2 fully saturated rings. The number of benzene rings is 1. The van der Waals surface area contributed by atoms with Gasteiger partial charge < -0.3 is 9.84 Å². The number of thioether (sulfide) groups is 1. The summed E-state index contributed by atoms with van der Waals surface area (Å²) in [5.74, 6) is 3.58. The van der Waals surface area contributed by atoms with Crippen molar-refractivity contribution in [1.29, 1.82) is 0 Å². The van der Waals surface area contributed by atoms with Crippen LogP contribution < -0.4 is 4.74 Å². The van der Waals surface area contributed by atoms with Gasteiger partial charge in [-0.05, 0) is 54.4 Å². The summed E-state index contributed by atoms with van der Waals surface area (Å²) >= 11 is 1.94. The molecule has 17 heavy (non-hydrogen) atoms. The van der Waals surface area contributed by atoms with Gasteiger partial charge in [-0.2, -0.15) is 11.8 Å². The summed E-state index contributed by atoms with van der Waals surface area (Å²) in [7, 11) is 0. The van der Waals surface area contributed by atoms with Crippen LogP contribution in [0.1, 0.15) is 30.9 Å². The van der Waals surface area contributed by atoms with E-state index < -0.39 is 0 Å². The van der Waals surface area contributed by atoms with Crippen LogP contribution in [0.15, 0.2) is 24.3 Å². The largest absolute Gasteiger partial charge is 0.490 e. The van der Waals surface area contributed by atoms with E-state index in [1.54, 1.807) is 0 Å². The van der Waals surface area contributed by atoms with Crippen molar-refractivity contribution >= 4 is 11.8 Å². The number of aliphatic hydroxyl groups is 1. The fourth-order valence-corrected chi connectivity index (χ4v) is 3.51. The molecule has 1 saturated carbocycles. The summed E-state index contributed by atoms with van der Waals surface area (Å²) in [6, 6.07) is 7.98. The molecule has 0 bridgehead atoms. The summed E-state index contributed by atoms with van der Waals surface area (Å²) in [5.41, 5.74) is 1.01. The Morgan fingerprint density at radius 1 is 1.29 bits per heavy atom. The van der Waals surface area contributed by atoms with Gasteiger partial charge in [-0.15, -0.1) is 0 Å². The van der Waals surface area contributed by atoms with E-state index in [1.807, 2.05) is 36.0 Å². The molecule has 1 saturated heterocycles. The lowest BCUT2D eigenvalue weighted by Gasteiger charge is -2.18. The topological polar surface area (TPSA) is 29.5 Å². The van der Waals surface area contributed by atoms with Crippen molar-refractivity contribution in [2.24, 2.45) is 5.92 Å². The third-order valence-electron chi connectivity index (χ3n) is 3.44. The molecule has 0 aromatic heterocycles. The standard InChI is InChI=1S/C14H18O2S/c15-14(11-6-7-17-9-11)10-2-1-3-13(8-10)16-12-4-5-12/h1-3,8,11-12,14-15H,4-7,9H2. The van der Waals surface area contributed by atoms with Gasteiger partial charge in [0.15, 0.2) is 0 Å². The van der Waals surface area contributed by atoms with Crippen molar-refractivity contribution in [2.45, 2.75) is 31.5 Å². The quantitative estimate of drug-likeness (QED) is 0.890. The second-order valence-electron chi connectivity index (χ2n) is 4.96. The minimum atomic E-state index is -0.326. The van der Waals surface area contributed by atoms with Gasteiger partial charge >= 0.3 is 0 Å². The molecule has 3 heteroatoms. The lowest BCUT2D eigenvalue weighted by Crippen LogP contribution is -2.11. The van der Waals surface area contributed by atoms with Gasteiger partial charge in [-0.3, -0.25) is 0 Å². The maximum atomic E-state index is 10.3. The zero-order valence-corrected chi connectivity index (χ0v) is 10.7. The van der Waals surface area contributed by atoms with E-state index in [-0.39, 0.29) is 6.10 Å². The van der Waals surface area contributed by atoms with Gasteiger partial charge in [0.25, 0.3) is 0 Å². The molecule has 0 spiro atoms. The van der Waals surface area contributed by atoms with Crippen molar-refractivity contribution in [2.75, 3.05) is 11.5 Å². The van der Waals surface area contributed by atoms with Crippen LogP contribution in [0.2, 0.25) is 0 Å². The maximum Gasteiger partial charge on any atom is 0.120 e. The summed E-state index contributed by atoms with van der Waals surface area (Å²) in [4.78, 5) is 0. The second-order valence-corrected chi connectivity index (χ2v) is 6.11. The Bertz CT molecular complexity index is 384. The highest BCUT2D eigenvalue weighted by Gasteiger charge is 2.26. The Kier molecular flexibility index (Phi) is 3.30. The summed E-state index contributed by atoms with van der Waals surface area (Å²) in [6.45, 7) is 0. The van der Waals surface area contributed by atoms with Crippen LogP contribution in [0.4, 0.5) is 0 Å². The van der Waals surface area contributed by atoms with E-state index in [4.69, 9.17) is 4.74 Å². The van der Waals surface area contributed by atoms with E-state index >= 15 is 0 Å². The molecule has 1 aliphatic carbocycles. The van der Waals surface area contributed by atoms with Crippen LogP contribution >= 0.6 is 11.8 Å². The predicted molar refractivity (Wildman–Crippen MR) is 70.5 cm³/mol. The third kappa shape index (κ3) is 2.78. The Morgan fingerprint density at radius 3 is 2.88 bits per heavy atom. The SMILES string of the molecule is OC(c1cccc(OC2CC2)c1)C1CCSC1. The van der Waals surface area contributed by atoms with Crippen molar-refractivity contribution < 1.29 is 9.84 Å². The van der Waals surface area contributed by atoms with E-state index in [0.717, 1.165) is 23.5 Å². The molecule has 1 heterocycles. The van der Waals surface area contributed by atoms with Gasteiger partial charge in [0, 0.05) is 0 Å². The summed E-state index contributed by atoms with van der Waals surface area (Å²) < 4.78 is 5.76.